The SMILES string of the molecule is CNC(C)(C)C(=O)N(CC(=O)O)CC1CC1. The largest absolute Gasteiger partial charge is 0.480 e. The Labute approximate surface area is 95.8 Å². The maximum absolute atomic E-state index is 12.1. The molecule has 1 saturated carbocycles. The van der Waals surface area contributed by atoms with Crippen LogP contribution in [0.2, 0.25) is 0 Å². The van der Waals surface area contributed by atoms with E-state index in [1.165, 1.54) is 4.90 Å². The summed E-state index contributed by atoms with van der Waals surface area (Å²) in [5, 5.41) is 11.7. The van der Waals surface area contributed by atoms with Gasteiger partial charge in [0, 0.05) is 6.54 Å². The van der Waals surface area contributed by atoms with Gasteiger partial charge in [-0.1, -0.05) is 0 Å². The van der Waals surface area contributed by atoms with E-state index in [1.807, 2.05) is 0 Å². The van der Waals surface area contributed by atoms with Crippen LogP contribution in [-0.4, -0.2) is 47.6 Å². The number of nitrogens with one attached hydrogen (secondary N) is 1. The molecule has 0 unspecified atom stereocenters. The molecule has 0 aromatic carbocycles. The fourth-order valence-corrected chi connectivity index (χ4v) is 1.50. The maximum atomic E-state index is 12.1. The van der Waals surface area contributed by atoms with Gasteiger partial charge in [0.1, 0.15) is 6.54 Å². The average molecular weight is 228 g/mol. The summed E-state index contributed by atoms with van der Waals surface area (Å²) in [5.74, 6) is -0.610. The Bertz CT molecular complexity index is 285. The Morgan fingerprint density at radius 1 is 1.44 bits per heavy atom. The van der Waals surface area contributed by atoms with Crippen LogP contribution in [0.25, 0.3) is 0 Å². The van der Waals surface area contributed by atoms with Crippen molar-refractivity contribution in [2.24, 2.45) is 5.92 Å². The first-order valence-corrected chi connectivity index (χ1v) is 5.57. The van der Waals surface area contributed by atoms with Crippen LogP contribution >= 0.6 is 0 Å². The molecule has 0 bridgehead atoms. The zero-order chi connectivity index (χ0) is 12.3. The Morgan fingerprint density at radius 3 is 2.38 bits per heavy atom. The van der Waals surface area contributed by atoms with Gasteiger partial charge in [-0.3, -0.25) is 9.59 Å². The molecular formula is C11H20N2O3. The lowest BCUT2D eigenvalue weighted by Crippen LogP contribution is -2.54. The van der Waals surface area contributed by atoms with E-state index in [4.69, 9.17) is 5.11 Å². The van der Waals surface area contributed by atoms with Crippen LogP contribution in [0.1, 0.15) is 26.7 Å². The van der Waals surface area contributed by atoms with Crippen LogP contribution < -0.4 is 5.32 Å². The number of carboxylic acids is 1. The number of hydrogen-bond acceptors (Lipinski definition) is 3. The minimum Gasteiger partial charge on any atom is -0.480 e. The van der Waals surface area contributed by atoms with Gasteiger partial charge in [-0.05, 0) is 39.7 Å². The average Bonchev–Trinajstić information content (AvgIpc) is 2.99. The third-order valence-corrected chi connectivity index (χ3v) is 2.95. The molecule has 1 fully saturated rings. The van der Waals surface area contributed by atoms with Crippen molar-refractivity contribution in [2.45, 2.75) is 32.2 Å². The second kappa shape index (κ2) is 4.82. The summed E-state index contributed by atoms with van der Waals surface area (Å²) in [6, 6.07) is 0. The molecule has 0 saturated heterocycles. The number of rotatable bonds is 6. The van der Waals surface area contributed by atoms with Crippen LogP contribution in [0.5, 0.6) is 0 Å². The molecule has 5 heteroatoms. The molecular weight excluding hydrogens is 208 g/mol. The summed E-state index contributed by atoms with van der Waals surface area (Å²) in [7, 11) is 1.70. The molecule has 1 aliphatic rings. The van der Waals surface area contributed by atoms with E-state index >= 15 is 0 Å². The van der Waals surface area contributed by atoms with Crippen molar-refractivity contribution in [3.8, 4) is 0 Å². The van der Waals surface area contributed by atoms with E-state index in [-0.39, 0.29) is 12.5 Å². The molecule has 0 heterocycles. The minimum atomic E-state index is -0.957. The molecule has 5 nitrogen and oxygen atoms in total. The highest BCUT2D eigenvalue weighted by Gasteiger charge is 2.34. The molecule has 92 valence electrons. The molecule has 0 aromatic rings. The van der Waals surface area contributed by atoms with E-state index in [9.17, 15) is 9.59 Å². The summed E-state index contributed by atoms with van der Waals surface area (Å²) in [5.41, 5.74) is -0.704. The normalized spacial score (nSPS) is 15.9. The van der Waals surface area contributed by atoms with Gasteiger partial charge < -0.3 is 15.3 Å². The first-order valence-electron chi connectivity index (χ1n) is 5.57. The smallest absolute Gasteiger partial charge is 0.323 e. The summed E-state index contributed by atoms with van der Waals surface area (Å²) in [4.78, 5) is 24.3. The fraction of sp³-hybridized carbons (Fsp3) is 0.818. The number of carbonyl (C=O) groups is 2. The van der Waals surface area contributed by atoms with Gasteiger partial charge >= 0.3 is 5.97 Å². The summed E-state index contributed by atoms with van der Waals surface area (Å²) in [6.07, 6.45) is 2.20. The Balaban J connectivity index is 2.65. The summed E-state index contributed by atoms with van der Waals surface area (Å²) >= 11 is 0. The highest BCUT2D eigenvalue weighted by atomic mass is 16.4. The van der Waals surface area contributed by atoms with Crippen molar-refractivity contribution in [2.75, 3.05) is 20.1 Å². The van der Waals surface area contributed by atoms with Gasteiger partial charge in [0.25, 0.3) is 0 Å². The molecule has 0 radical (unpaired) electrons. The monoisotopic (exact) mass is 228 g/mol. The second-order valence-electron chi connectivity index (χ2n) is 4.90. The van der Waals surface area contributed by atoms with Crippen molar-refractivity contribution in [3.05, 3.63) is 0 Å². The lowest BCUT2D eigenvalue weighted by molar-refractivity contribution is -0.147. The summed E-state index contributed by atoms with van der Waals surface area (Å²) < 4.78 is 0. The number of hydrogen-bond donors (Lipinski definition) is 2. The van der Waals surface area contributed by atoms with Crippen molar-refractivity contribution in [3.63, 3.8) is 0 Å². The predicted octanol–water partition coefficient (Wildman–Crippen LogP) is 0.308. The van der Waals surface area contributed by atoms with Gasteiger partial charge in [-0.25, -0.2) is 0 Å². The van der Waals surface area contributed by atoms with Gasteiger partial charge in [-0.15, -0.1) is 0 Å². The van der Waals surface area contributed by atoms with Crippen LogP contribution in [0.4, 0.5) is 0 Å². The predicted molar refractivity (Wildman–Crippen MR) is 60.1 cm³/mol. The molecule has 0 aliphatic heterocycles. The topological polar surface area (TPSA) is 69.6 Å². The molecule has 0 spiro atoms. The van der Waals surface area contributed by atoms with Crippen molar-refractivity contribution in [1.82, 2.24) is 10.2 Å². The molecule has 0 atom stereocenters. The van der Waals surface area contributed by atoms with Crippen molar-refractivity contribution in [1.29, 1.82) is 0 Å². The molecule has 2 N–H and O–H groups in total. The molecule has 1 aliphatic carbocycles. The lowest BCUT2D eigenvalue weighted by atomic mass is 10.0. The standard InChI is InChI=1S/C11H20N2O3/c1-11(2,12-3)10(16)13(7-9(14)15)6-8-4-5-8/h8,12H,4-7H2,1-3H3,(H,14,15). The lowest BCUT2D eigenvalue weighted by Gasteiger charge is -2.30. The number of carbonyl (C=O) groups excluding carboxylic acids is 1. The van der Waals surface area contributed by atoms with Crippen molar-refractivity contribution < 1.29 is 14.7 Å². The number of amides is 1. The van der Waals surface area contributed by atoms with E-state index in [0.29, 0.717) is 12.5 Å². The van der Waals surface area contributed by atoms with E-state index in [2.05, 4.69) is 5.32 Å². The van der Waals surface area contributed by atoms with Crippen molar-refractivity contribution >= 4 is 11.9 Å². The maximum Gasteiger partial charge on any atom is 0.323 e. The Hall–Kier alpha value is -1.10. The second-order valence-corrected chi connectivity index (χ2v) is 4.90. The summed E-state index contributed by atoms with van der Waals surface area (Å²) in [6.45, 7) is 3.88. The van der Waals surface area contributed by atoms with Crippen LogP contribution in [-0.2, 0) is 9.59 Å². The zero-order valence-corrected chi connectivity index (χ0v) is 10.1. The van der Waals surface area contributed by atoms with Crippen LogP contribution in [0.3, 0.4) is 0 Å². The van der Waals surface area contributed by atoms with Gasteiger partial charge in [0.05, 0.1) is 5.54 Å². The number of likely N-dealkylation sites (N-methyl/N-ethyl adjacent to an activating group) is 1. The first-order chi connectivity index (χ1) is 7.36. The van der Waals surface area contributed by atoms with Gasteiger partial charge in [0.15, 0.2) is 0 Å². The Morgan fingerprint density at radius 2 is 2.00 bits per heavy atom. The van der Waals surface area contributed by atoms with Gasteiger partial charge in [0.2, 0.25) is 5.91 Å². The van der Waals surface area contributed by atoms with Gasteiger partial charge in [-0.2, -0.15) is 0 Å². The molecule has 1 amide bonds. The first kappa shape index (κ1) is 13.0. The zero-order valence-electron chi connectivity index (χ0n) is 10.1. The number of aliphatic carboxylic acids is 1. The quantitative estimate of drug-likeness (QED) is 0.686. The van der Waals surface area contributed by atoms with Crippen LogP contribution in [0.15, 0.2) is 0 Å². The molecule has 16 heavy (non-hydrogen) atoms. The number of carboxylic acid groups (broad SMARTS) is 1. The van der Waals surface area contributed by atoms with E-state index < -0.39 is 11.5 Å². The Kier molecular flexibility index (Phi) is 3.91. The third-order valence-electron chi connectivity index (χ3n) is 2.95. The highest BCUT2D eigenvalue weighted by molar-refractivity contribution is 5.88. The highest BCUT2D eigenvalue weighted by Crippen LogP contribution is 2.30. The van der Waals surface area contributed by atoms with E-state index in [0.717, 1.165) is 12.8 Å². The third kappa shape index (κ3) is 3.48. The minimum absolute atomic E-state index is 0.149. The number of nitrogens with zero attached hydrogens (tertiary/aromatic N) is 1. The van der Waals surface area contributed by atoms with E-state index in [1.54, 1.807) is 20.9 Å². The van der Waals surface area contributed by atoms with Crippen LogP contribution in [0, 0.1) is 5.92 Å². The fourth-order valence-electron chi connectivity index (χ4n) is 1.50. The molecule has 0 aromatic heterocycles. The molecule has 1 rings (SSSR count).